The van der Waals surface area contributed by atoms with E-state index in [2.05, 4.69) is 15.5 Å². The molecule has 4 aromatic carbocycles. The van der Waals surface area contributed by atoms with E-state index < -0.39 is 26.7 Å². The first-order valence-corrected chi connectivity index (χ1v) is 13.3. The molecule has 0 aliphatic carbocycles. The summed E-state index contributed by atoms with van der Waals surface area (Å²) >= 11 is 12.4. The van der Waals surface area contributed by atoms with Gasteiger partial charge in [0.1, 0.15) is 22.0 Å². The van der Waals surface area contributed by atoms with E-state index in [0.717, 1.165) is 0 Å². The highest BCUT2D eigenvalue weighted by atomic mass is 35.5. The number of carbonyl (C=O) groups is 1. The normalized spacial score (nSPS) is 11.7. The van der Waals surface area contributed by atoms with Crippen molar-refractivity contribution < 1.29 is 27.6 Å². The first kappa shape index (κ1) is 27.3. The van der Waals surface area contributed by atoms with Crippen molar-refractivity contribution in [3.05, 3.63) is 81.8 Å². The molecule has 0 atom stereocenters. The van der Waals surface area contributed by atoms with E-state index in [1.165, 1.54) is 31.4 Å². The van der Waals surface area contributed by atoms with Crippen LogP contribution >= 0.6 is 23.2 Å². The molecule has 3 N–H and O–H groups in total. The Morgan fingerprint density at radius 3 is 2.37 bits per heavy atom. The lowest BCUT2D eigenvalue weighted by Crippen LogP contribution is -2.12. The molecule has 0 aromatic heterocycles. The topological polar surface area (TPSA) is 138 Å². The number of aryl methyl sites for hydroxylation is 1. The Hall–Kier alpha value is -3.70. The summed E-state index contributed by atoms with van der Waals surface area (Å²) in [6.07, 6.45) is 0.272. The summed E-state index contributed by atoms with van der Waals surface area (Å²) in [7, 11) is -3.24. The number of ether oxygens (including phenoxy) is 1. The van der Waals surface area contributed by atoms with Crippen molar-refractivity contribution in [2.45, 2.75) is 18.2 Å². The quantitative estimate of drug-likeness (QED) is 0.156. The highest BCUT2D eigenvalue weighted by Crippen LogP contribution is 2.42. The van der Waals surface area contributed by atoms with E-state index >= 15 is 0 Å². The van der Waals surface area contributed by atoms with Crippen molar-refractivity contribution in [1.29, 1.82) is 0 Å². The Labute approximate surface area is 228 Å². The van der Waals surface area contributed by atoms with Gasteiger partial charge >= 0.3 is 0 Å². The summed E-state index contributed by atoms with van der Waals surface area (Å²) in [4.78, 5) is 12.7. The maximum absolute atomic E-state index is 13.1. The van der Waals surface area contributed by atoms with Crippen molar-refractivity contribution in [2.24, 2.45) is 10.2 Å². The van der Waals surface area contributed by atoms with Crippen LogP contribution in [-0.2, 0) is 16.5 Å². The highest BCUT2D eigenvalue weighted by Gasteiger charge is 2.24. The van der Waals surface area contributed by atoms with Gasteiger partial charge in [-0.2, -0.15) is 8.42 Å². The molecule has 0 spiro atoms. The molecule has 0 unspecified atom stereocenters. The van der Waals surface area contributed by atoms with Crippen LogP contribution in [0.25, 0.3) is 10.8 Å². The molecule has 0 bridgehead atoms. The van der Waals surface area contributed by atoms with E-state index in [1.54, 1.807) is 43.3 Å². The SMILES string of the molecule is CCc1ccc(Cl)c(N=Nc2c(O)c(C(=O)Nc3ccc(OC)c(Cl)c3)cc3ccccc23)c1S(=O)(=O)O. The molecule has 4 aromatic rings. The fourth-order valence-electron chi connectivity index (χ4n) is 3.88. The second-order valence-corrected chi connectivity index (χ2v) is 10.2. The lowest BCUT2D eigenvalue weighted by molar-refractivity contribution is 0.102. The average Bonchev–Trinajstić information content (AvgIpc) is 2.87. The number of azo groups is 1. The zero-order valence-corrected chi connectivity index (χ0v) is 22.4. The Morgan fingerprint density at radius 2 is 1.71 bits per heavy atom. The number of amides is 1. The summed E-state index contributed by atoms with van der Waals surface area (Å²) in [6, 6.07) is 15.9. The Balaban J connectivity index is 1.84. The number of nitrogens with zero attached hydrogens (tertiary/aromatic N) is 2. The summed E-state index contributed by atoms with van der Waals surface area (Å²) in [6.45, 7) is 1.70. The van der Waals surface area contributed by atoms with Gasteiger partial charge in [0.2, 0.25) is 0 Å². The molecule has 0 aliphatic rings. The van der Waals surface area contributed by atoms with Crippen LogP contribution in [0.1, 0.15) is 22.8 Å². The highest BCUT2D eigenvalue weighted by molar-refractivity contribution is 7.86. The van der Waals surface area contributed by atoms with Gasteiger partial charge in [-0.3, -0.25) is 9.35 Å². The van der Waals surface area contributed by atoms with Crippen molar-refractivity contribution in [3.8, 4) is 11.5 Å². The number of nitrogens with one attached hydrogen (secondary N) is 1. The first-order chi connectivity index (χ1) is 18.0. The van der Waals surface area contributed by atoms with Crippen LogP contribution in [0.3, 0.4) is 0 Å². The number of phenolic OH excluding ortho intramolecular Hbond substituents is 1. The number of hydrogen-bond donors (Lipinski definition) is 3. The van der Waals surface area contributed by atoms with E-state index in [-0.39, 0.29) is 39.0 Å². The van der Waals surface area contributed by atoms with Crippen LogP contribution < -0.4 is 10.1 Å². The molecule has 0 saturated heterocycles. The van der Waals surface area contributed by atoms with Gasteiger partial charge in [-0.05, 0) is 47.7 Å². The van der Waals surface area contributed by atoms with Gasteiger partial charge in [0, 0.05) is 11.1 Å². The second kappa shape index (κ2) is 11.0. The molecule has 38 heavy (non-hydrogen) atoms. The minimum absolute atomic E-state index is 0.0762. The summed E-state index contributed by atoms with van der Waals surface area (Å²) in [5.41, 5.74) is 0.136. The first-order valence-electron chi connectivity index (χ1n) is 11.1. The summed E-state index contributed by atoms with van der Waals surface area (Å²) < 4.78 is 39.2. The second-order valence-electron chi connectivity index (χ2n) is 8.06. The van der Waals surface area contributed by atoms with Crippen LogP contribution in [0, 0.1) is 0 Å². The maximum Gasteiger partial charge on any atom is 0.297 e. The zero-order valence-electron chi connectivity index (χ0n) is 20.1. The van der Waals surface area contributed by atoms with Gasteiger partial charge in [-0.25, -0.2) is 0 Å². The van der Waals surface area contributed by atoms with Crippen LogP contribution in [0.15, 0.2) is 75.8 Å². The monoisotopic (exact) mass is 573 g/mol. The molecule has 9 nitrogen and oxygen atoms in total. The third-order valence-corrected chi connectivity index (χ3v) is 7.27. The molecule has 196 valence electrons. The number of benzene rings is 4. The molecular formula is C26H21Cl2N3O6S. The number of methoxy groups -OCH3 is 1. The van der Waals surface area contributed by atoms with Gasteiger partial charge in [0.25, 0.3) is 16.0 Å². The predicted octanol–water partition coefficient (Wildman–Crippen LogP) is 7.34. The number of fused-ring (bicyclic) bond motifs is 1. The fourth-order valence-corrected chi connectivity index (χ4v) is 5.33. The van der Waals surface area contributed by atoms with Gasteiger partial charge < -0.3 is 15.2 Å². The van der Waals surface area contributed by atoms with Gasteiger partial charge in [0.05, 0.1) is 22.7 Å². The molecule has 0 aliphatic heterocycles. The lowest BCUT2D eigenvalue weighted by Gasteiger charge is -2.12. The summed E-state index contributed by atoms with van der Waals surface area (Å²) in [5.74, 6) is -0.729. The van der Waals surface area contributed by atoms with E-state index in [1.807, 2.05) is 0 Å². The molecule has 0 radical (unpaired) electrons. The average molecular weight is 574 g/mol. The Bertz CT molecular complexity index is 1710. The van der Waals surface area contributed by atoms with Gasteiger partial charge in [-0.1, -0.05) is 60.5 Å². The van der Waals surface area contributed by atoms with Crippen LogP contribution in [0.2, 0.25) is 10.0 Å². The van der Waals surface area contributed by atoms with Crippen molar-refractivity contribution >= 4 is 67.1 Å². The smallest absolute Gasteiger partial charge is 0.297 e. The fraction of sp³-hybridized carbons (Fsp3) is 0.115. The van der Waals surface area contributed by atoms with Crippen LogP contribution in [-0.4, -0.2) is 31.1 Å². The van der Waals surface area contributed by atoms with E-state index in [4.69, 9.17) is 27.9 Å². The third kappa shape index (κ3) is 5.44. The number of phenols is 1. The summed E-state index contributed by atoms with van der Waals surface area (Å²) in [5, 5.41) is 23.1. The minimum atomic E-state index is -4.71. The number of hydrogen-bond acceptors (Lipinski definition) is 7. The minimum Gasteiger partial charge on any atom is -0.505 e. The Morgan fingerprint density at radius 1 is 1.00 bits per heavy atom. The molecule has 12 heteroatoms. The van der Waals surface area contributed by atoms with Gasteiger partial charge in [-0.15, -0.1) is 10.2 Å². The molecule has 0 fully saturated rings. The van der Waals surface area contributed by atoms with Crippen molar-refractivity contribution in [3.63, 3.8) is 0 Å². The standard InChI is InChI=1S/C26H21Cl2N3O6S/c1-3-14-8-10-19(27)23(25(14)38(34,35)36)31-30-22-17-7-5-4-6-15(17)12-18(24(22)32)26(33)29-16-9-11-21(37-2)20(28)13-16/h4-13,32H,3H2,1-2H3,(H,29,33)(H,34,35,36). The maximum atomic E-state index is 13.1. The third-order valence-electron chi connectivity index (χ3n) is 5.70. The largest absolute Gasteiger partial charge is 0.505 e. The number of rotatable bonds is 7. The van der Waals surface area contributed by atoms with Crippen LogP contribution in [0.5, 0.6) is 11.5 Å². The van der Waals surface area contributed by atoms with E-state index in [0.29, 0.717) is 22.2 Å². The van der Waals surface area contributed by atoms with Gasteiger partial charge in [0.15, 0.2) is 5.75 Å². The molecule has 1 amide bonds. The molecule has 4 rings (SSSR count). The molecular weight excluding hydrogens is 553 g/mol. The lowest BCUT2D eigenvalue weighted by atomic mass is 10.0. The van der Waals surface area contributed by atoms with Crippen molar-refractivity contribution in [2.75, 3.05) is 12.4 Å². The predicted molar refractivity (Wildman–Crippen MR) is 146 cm³/mol. The zero-order chi connectivity index (χ0) is 27.6. The van der Waals surface area contributed by atoms with Crippen molar-refractivity contribution in [1.82, 2.24) is 0 Å². The number of anilines is 1. The number of halogens is 2. The number of carbonyl (C=O) groups excluding carboxylic acids is 1. The van der Waals surface area contributed by atoms with E-state index in [9.17, 15) is 22.9 Å². The molecule has 0 saturated carbocycles. The molecule has 0 heterocycles. The van der Waals surface area contributed by atoms with Crippen LogP contribution in [0.4, 0.5) is 17.1 Å². The Kier molecular flexibility index (Phi) is 7.89. The number of aromatic hydroxyl groups is 1.